The predicted octanol–water partition coefficient (Wildman–Crippen LogP) is 3.15. The molecule has 0 radical (unpaired) electrons. The lowest BCUT2D eigenvalue weighted by atomic mass is 10.1. The van der Waals surface area contributed by atoms with Gasteiger partial charge in [-0.3, -0.25) is 4.79 Å². The zero-order valence-electron chi connectivity index (χ0n) is 12.4. The number of anilines is 1. The molecule has 0 unspecified atom stereocenters. The van der Waals surface area contributed by atoms with Crippen molar-refractivity contribution in [2.75, 3.05) is 18.0 Å². The maximum absolute atomic E-state index is 12.5. The van der Waals surface area contributed by atoms with Crippen LogP contribution in [0.2, 0.25) is 0 Å². The molecule has 3 heterocycles. The Morgan fingerprint density at radius 2 is 2.09 bits per heavy atom. The normalized spacial score (nSPS) is 15.9. The number of amides is 1. The molecule has 0 bridgehead atoms. The van der Waals surface area contributed by atoms with Gasteiger partial charge >= 0.3 is 0 Å². The molecule has 0 spiro atoms. The van der Waals surface area contributed by atoms with Crippen molar-refractivity contribution < 1.29 is 4.79 Å². The summed E-state index contributed by atoms with van der Waals surface area (Å²) in [4.78, 5) is 15.5. The molecular weight excluding hydrogens is 328 g/mol. The van der Waals surface area contributed by atoms with Crippen LogP contribution >= 0.6 is 23.1 Å². The van der Waals surface area contributed by atoms with Crippen LogP contribution in [0.15, 0.2) is 36.5 Å². The fourth-order valence-electron chi connectivity index (χ4n) is 2.90. The predicted molar refractivity (Wildman–Crippen MR) is 94.4 cm³/mol. The smallest absolute Gasteiger partial charge is 0.261 e. The maximum atomic E-state index is 12.5. The highest BCUT2D eigenvalue weighted by molar-refractivity contribution is 7.20. The lowest BCUT2D eigenvalue weighted by molar-refractivity contribution is 0.0935. The maximum Gasteiger partial charge on any atom is 0.261 e. The molecule has 118 valence electrons. The first kappa shape index (κ1) is 14.6. The Labute approximate surface area is 142 Å². The van der Waals surface area contributed by atoms with Crippen molar-refractivity contribution in [3.63, 3.8) is 0 Å². The summed E-state index contributed by atoms with van der Waals surface area (Å²) in [7, 11) is 0. The molecule has 1 aliphatic rings. The lowest BCUT2D eigenvalue weighted by Crippen LogP contribution is -2.44. The molecular formula is C16H16N4OS2. The minimum absolute atomic E-state index is 0.0416. The average molecular weight is 344 g/mol. The van der Waals surface area contributed by atoms with Gasteiger partial charge in [-0.05, 0) is 30.4 Å². The van der Waals surface area contributed by atoms with Crippen molar-refractivity contribution in [3.8, 4) is 0 Å². The van der Waals surface area contributed by atoms with E-state index in [2.05, 4.69) is 25.0 Å². The molecule has 0 aliphatic carbocycles. The van der Waals surface area contributed by atoms with E-state index in [9.17, 15) is 4.79 Å². The molecule has 0 atom stereocenters. The molecule has 1 aliphatic heterocycles. The Morgan fingerprint density at radius 1 is 1.26 bits per heavy atom. The average Bonchev–Trinajstić information content (AvgIpc) is 3.25. The van der Waals surface area contributed by atoms with Crippen molar-refractivity contribution in [1.82, 2.24) is 14.1 Å². The van der Waals surface area contributed by atoms with E-state index in [1.54, 1.807) is 17.5 Å². The summed E-state index contributed by atoms with van der Waals surface area (Å²) < 4.78 is 9.47. The van der Waals surface area contributed by atoms with Crippen LogP contribution in [0, 0.1) is 0 Å². The van der Waals surface area contributed by atoms with Gasteiger partial charge in [-0.1, -0.05) is 18.2 Å². The summed E-state index contributed by atoms with van der Waals surface area (Å²) in [5.74, 6) is 0.990. The summed E-state index contributed by atoms with van der Waals surface area (Å²) in [5.41, 5.74) is 0. The van der Waals surface area contributed by atoms with E-state index in [-0.39, 0.29) is 11.9 Å². The van der Waals surface area contributed by atoms with Gasteiger partial charge in [-0.25, -0.2) is 0 Å². The Bertz CT molecular complexity index is 773. The molecule has 2 aromatic heterocycles. The topological polar surface area (TPSA) is 58.1 Å². The van der Waals surface area contributed by atoms with Gasteiger partial charge in [0.25, 0.3) is 5.91 Å². The van der Waals surface area contributed by atoms with Gasteiger partial charge in [0.2, 0.25) is 0 Å². The molecule has 0 saturated carbocycles. The number of carbonyl (C=O) groups is 1. The van der Waals surface area contributed by atoms with E-state index in [1.165, 1.54) is 11.7 Å². The third kappa shape index (κ3) is 3.07. The highest BCUT2D eigenvalue weighted by Crippen LogP contribution is 2.25. The van der Waals surface area contributed by atoms with Crippen LogP contribution in [-0.4, -0.2) is 33.8 Å². The summed E-state index contributed by atoms with van der Waals surface area (Å²) >= 11 is 2.79. The van der Waals surface area contributed by atoms with Crippen molar-refractivity contribution in [2.24, 2.45) is 0 Å². The molecule has 5 nitrogen and oxygen atoms in total. The van der Waals surface area contributed by atoms with Crippen molar-refractivity contribution in [2.45, 2.75) is 18.9 Å². The standard InChI is InChI=1S/C16H16N4OS2/c21-16(14-9-11-3-1-2-4-13(11)22-14)18-12-5-7-20(8-6-12)15-10-17-23-19-15/h1-4,9-10,12H,5-8H2,(H,18,21). The highest BCUT2D eigenvalue weighted by Gasteiger charge is 2.23. The third-order valence-corrected chi connectivity index (χ3v) is 5.74. The molecule has 1 saturated heterocycles. The lowest BCUT2D eigenvalue weighted by Gasteiger charge is -2.32. The van der Waals surface area contributed by atoms with Crippen molar-refractivity contribution in [1.29, 1.82) is 0 Å². The third-order valence-electron chi connectivity index (χ3n) is 4.15. The van der Waals surface area contributed by atoms with E-state index in [0.29, 0.717) is 0 Å². The number of aromatic nitrogens is 2. The summed E-state index contributed by atoms with van der Waals surface area (Å²) in [6.07, 6.45) is 3.68. The van der Waals surface area contributed by atoms with Gasteiger partial charge < -0.3 is 10.2 Å². The zero-order chi connectivity index (χ0) is 15.6. The van der Waals surface area contributed by atoms with Crippen LogP contribution in [0.1, 0.15) is 22.5 Å². The summed E-state index contributed by atoms with van der Waals surface area (Å²) in [5, 5.41) is 4.31. The Hall–Kier alpha value is -1.99. The van der Waals surface area contributed by atoms with Gasteiger partial charge in [0.1, 0.15) is 0 Å². The van der Waals surface area contributed by atoms with Crippen LogP contribution in [0.5, 0.6) is 0 Å². The van der Waals surface area contributed by atoms with Gasteiger partial charge in [-0.15, -0.1) is 11.3 Å². The van der Waals surface area contributed by atoms with E-state index >= 15 is 0 Å². The second-order valence-electron chi connectivity index (χ2n) is 5.65. The van der Waals surface area contributed by atoms with Crippen molar-refractivity contribution in [3.05, 3.63) is 41.4 Å². The number of benzene rings is 1. The molecule has 1 aromatic carbocycles. The molecule has 7 heteroatoms. The minimum Gasteiger partial charge on any atom is -0.354 e. The zero-order valence-corrected chi connectivity index (χ0v) is 14.1. The Balaban J connectivity index is 1.38. The van der Waals surface area contributed by atoms with Gasteiger partial charge in [-0.2, -0.15) is 8.75 Å². The number of thiophene rings is 1. The number of fused-ring (bicyclic) bond motifs is 1. The number of hydrogen-bond acceptors (Lipinski definition) is 6. The monoisotopic (exact) mass is 344 g/mol. The fraction of sp³-hybridized carbons (Fsp3) is 0.312. The van der Waals surface area contributed by atoms with E-state index in [0.717, 1.165) is 46.7 Å². The quantitative estimate of drug-likeness (QED) is 0.793. The van der Waals surface area contributed by atoms with E-state index in [1.807, 2.05) is 24.3 Å². The number of carbonyl (C=O) groups excluding carboxylic acids is 1. The first-order valence-electron chi connectivity index (χ1n) is 7.61. The first-order valence-corrected chi connectivity index (χ1v) is 9.16. The van der Waals surface area contributed by atoms with E-state index < -0.39 is 0 Å². The molecule has 1 amide bonds. The molecule has 4 rings (SSSR count). The molecule has 3 aromatic rings. The Morgan fingerprint density at radius 3 is 2.83 bits per heavy atom. The van der Waals surface area contributed by atoms with Crippen LogP contribution in [0.3, 0.4) is 0 Å². The van der Waals surface area contributed by atoms with Crippen LogP contribution in [0.25, 0.3) is 10.1 Å². The second-order valence-corrected chi connectivity index (χ2v) is 7.29. The minimum atomic E-state index is 0.0416. The highest BCUT2D eigenvalue weighted by atomic mass is 32.1. The van der Waals surface area contributed by atoms with Crippen LogP contribution < -0.4 is 10.2 Å². The number of hydrogen-bond donors (Lipinski definition) is 1. The van der Waals surface area contributed by atoms with Gasteiger partial charge in [0, 0.05) is 23.8 Å². The van der Waals surface area contributed by atoms with E-state index in [4.69, 9.17) is 0 Å². The number of rotatable bonds is 3. The van der Waals surface area contributed by atoms with Crippen LogP contribution in [-0.2, 0) is 0 Å². The molecule has 1 N–H and O–H groups in total. The van der Waals surface area contributed by atoms with Gasteiger partial charge in [0.15, 0.2) is 5.82 Å². The molecule has 23 heavy (non-hydrogen) atoms. The number of nitrogens with one attached hydrogen (secondary N) is 1. The SMILES string of the molecule is O=C(NC1CCN(c2cnsn2)CC1)c1cc2ccccc2s1. The second kappa shape index (κ2) is 6.25. The summed E-state index contributed by atoms with van der Waals surface area (Å²) in [6, 6.07) is 10.3. The largest absolute Gasteiger partial charge is 0.354 e. The number of piperidine rings is 1. The summed E-state index contributed by atoms with van der Waals surface area (Å²) in [6.45, 7) is 1.81. The Kier molecular flexibility index (Phi) is 3.97. The fourth-order valence-corrected chi connectivity index (χ4v) is 4.30. The van der Waals surface area contributed by atoms with Gasteiger partial charge in [0.05, 0.1) is 22.8 Å². The first-order chi connectivity index (χ1) is 11.3. The number of nitrogens with zero attached hydrogens (tertiary/aromatic N) is 3. The van der Waals surface area contributed by atoms with Crippen molar-refractivity contribution >= 4 is 44.9 Å². The van der Waals surface area contributed by atoms with Crippen LogP contribution in [0.4, 0.5) is 5.82 Å². The molecule has 1 fully saturated rings.